The van der Waals surface area contributed by atoms with Crippen LogP contribution in [-0.2, 0) is 9.59 Å². The van der Waals surface area contributed by atoms with Crippen molar-refractivity contribution in [3.63, 3.8) is 0 Å². The highest BCUT2D eigenvalue weighted by Crippen LogP contribution is 2.45. The van der Waals surface area contributed by atoms with Gasteiger partial charge >= 0.3 is 0 Å². The van der Waals surface area contributed by atoms with E-state index in [1.54, 1.807) is 0 Å². The van der Waals surface area contributed by atoms with Gasteiger partial charge in [-0.25, -0.2) is 0 Å². The van der Waals surface area contributed by atoms with Gasteiger partial charge in [-0.15, -0.1) is 0 Å². The van der Waals surface area contributed by atoms with Gasteiger partial charge in [0.05, 0.1) is 23.5 Å². The van der Waals surface area contributed by atoms with Crippen molar-refractivity contribution in [2.75, 3.05) is 6.54 Å². The highest BCUT2D eigenvalue weighted by atomic mass is 16.2. The Hall–Kier alpha value is -1.88. The van der Waals surface area contributed by atoms with Gasteiger partial charge < -0.3 is 0 Å². The maximum atomic E-state index is 12.5. The topological polar surface area (TPSA) is 85.0 Å². The predicted octanol–water partition coefficient (Wildman–Crippen LogP) is 2.14. The molecule has 1 saturated carbocycles. The molecule has 0 N–H and O–H groups in total. The van der Waals surface area contributed by atoms with Crippen LogP contribution in [0.15, 0.2) is 0 Å². The molecular formula is C15H19N3O2. The average Bonchev–Trinajstić information content (AvgIpc) is 2.68. The molecule has 106 valence electrons. The van der Waals surface area contributed by atoms with Crippen molar-refractivity contribution < 1.29 is 9.59 Å². The van der Waals surface area contributed by atoms with Crippen LogP contribution in [0.25, 0.3) is 0 Å². The summed E-state index contributed by atoms with van der Waals surface area (Å²) in [5, 5.41) is 17.6. The molecule has 5 heteroatoms. The maximum absolute atomic E-state index is 12.5. The molecule has 2 aliphatic rings. The molecule has 0 radical (unpaired) electrons. The molecule has 0 bridgehead atoms. The number of likely N-dealkylation sites (tertiary alicyclic amines) is 1. The molecule has 2 amide bonds. The van der Waals surface area contributed by atoms with Crippen LogP contribution in [-0.4, -0.2) is 23.3 Å². The molecule has 0 aromatic rings. The molecule has 1 atom stereocenters. The van der Waals surface area contributed by atoms with E-state index in [-0.39, 0.29) is 24.8 Å². The first-order chi connectivity index (χ1) is 9.63. The van der Waals surface area contributed by atoms with Crippen LogP contribution >= 0.6 is 0 Å². The average molecular weight is 273 g/mol. The van der Waals surface area contributed by atoms with Crippen LogP contribution in [0.3, 0.4) is 0 Å². The van der Waals surface area contributed by atoms with Crippen molar-refractivity contribution >= 4 is 11.8 Å². The molecule has 1 aliphatic heterocycles. The van der Waals surface area contributed by atoms with Gasteiger partial charge in [-0.05, 0) is 19.3 Å². The summed E-state index contributed by atoms with van der Waals surface area (Å²) in [6, 6.07) is 4.10. The summed E-state index contributed by atoms with van der Waals surface area (Å²) in [7, 11) is 0. The lowest BCUT2D eigenvalue weighted by atomic mass is 9.73. The number of imide groups is 1. The standard InChI is InChI=1S/C15H19N3O2/c16-8-4-5-12(10-17)11-18-13(19)9-15(14(18)20)6-2-1-3-7-15/h12H,1-7,9,11H2/t12-/m1/s1. The Morgan fingerprint density at radius 3 is 2.50 bits per heavy atom. The highest BCUT2D eigenvalue weighted by molar-refractivity contribution is 6.05. The third kappa shape index (κ3) is 2.67. The van der Waals surface area contributed by atoms with Gasteiger partial charge in [0.25, 0.3) is 0 Å². The molecule has 1 saturated heterocycles. The van der Waals surface area contributed by atoms with E-state index in [1.165, 1.54) is 4.90 Å². The number of hydrogen-bond donors (Lipinski definition) is 0. The van der Waals surface area contributed by atoms with Crippen molar-refractivity contribution in [3.8, 4) is 12.1 Å². The summed E-state index contributed by atoms with van der Waals surface area (Å²) in [5.41, 5.74) is -0.482. The molecule has 0 aromatic carbocycles. The number of rotatable bonds is 4. The first kappa shape index (κ1) is 14.5. The lowest BCUT2D eigenvalue weighted by Crippen LogP contribution is -2.39. The summed E-state index contributed by atoms with van der Waals surface area (Å²) in [4.78, 5) is 25.9. The predicted molar refractivity (Wildman–Crippen MR) is 70.8 cm³/mol. The molecule has 2 fully saturated rings. The van der Waals surface area contributed by atoms with Crippen LogP contribution in [0.1, 0.15) is 51.4 Å². The molecule has 0 aromatic heterocycles. The number of hydrogen-bond acceptors (Lipinski definition) is 4. The van der Waals surface area contributed by atoms with Crippen molar-refractivity contribution in [1.82, 2.24) is 4.90 Å². The number of carbonyl (C=O) groups excluding carboxylic acids is 2. The smallest absolute Gasteiger partial charge is 0.235 e. The normalized spacial score (nSPS) is 22.6. The van der Waals surface area contributed by atoms with Crippen LogP contribution in [0.2, 0.25) is 0 Å². The van der Waals surface area contributed by atoms with Gasteiger partial charge in [0.15, 0.2) is 0 Å². The van der Waals surface area contributed by atoms with E-state index in [2.05, 4.69) is 6.07 Å². The molecular weight excluding hydrogens is 254 g/mol. The van der Waals surface area contributed by atoms with E-state index < -0.39 is 11.3 Å². The summed E-state index contributed by atoms with van der Waals surface area (Å²) in [5.74, 6) is -0.658. The summed E-state index contributed by atoms with van der Waals surface area (Å²) in [6.07, 6.45) is 5.73. The summed E-state index contributed by atoms with van der Waals surface area (Å²) < 4.78 is 0. The van der Waals surface area contributed by atoms with E-state index >= 15 is 0 Å². The Kier molecular flexibility index (Phi) is 4.39. The first-order valence-electron chi connectivity index (χ1n) is 7.24. The fourth-order valence-corrected chi connectivity index (χ4v) is 3.32. The van der Waals surface area contributed by atoms with E-state index in [0.29, 0.717) is 12.8 Å². The fraction of sp³-hybridized carbons (Fsp3) is 0.733. The minimum absolute atomic E-state index is 0.0839. The molecule has 20 heavy (non-hydrogen) atoms. The molecule has 5 nitrogen and oxygen atoms in total. The third-order valence-corrected chi connectivity index (χ3v) is 4.49. The SMILES string of the molecule is N#CCC[C@H](C#N)CN1C(=O)CC2(CCCCC2)C1=O. The second-order valence-corrected chi connectivity index (χ2v) is 5.85. The van der Waals surface area contributed by atoms with Crippen molar-refractivity contribution in [2.24, 2.45) is 11.3 Å². The highest BCUT2D eigenvalue weighted by Gasteiger charge is 2.51. The Balaban J connectivity index is 2.05. The Morgan fingerprint density at radius 1 is 1.20 bits per heavy atom. The summed E-state index contributed by atoms with van der Waals surface area (Å²) in [6.45, 7) is 0.150. The van der Waals surface area contributed by atoms with E-state index in [1.807, 2.05) is 6.07 Å². The van der Waals surface area contributed by atoms with Crippen LogP contribution in [0.5, 0.6) is 0 Å². The molecule has 1 aliphatic carbocycles. The van der Waals surface area contributed by atoms with Gasteiger partial charge in [-0.3, -0.25) is 14.5 Å². The second-order valence-electron chi connectivity index (χ2n) is 5.85. The van der Waals surface area contributed by atoms with Gasteiger partial charge in [0, 0.05) is 19.4 Å². The lowest BCUT2D eigenvalue weighted by Gasteiger charge is -2.30. The minimum atomic E-state index is -0.482. The van der Waals surface area contributed by atoms with E-state index in [0.717, 1.165) is 32.1 Å². The van der Waals surface area contributed by atoms with Crippen LogP contribution in [0, 0.1) is 34.0 Å². The number of nitriles is 2. The zero-order valence-corrected chi connectivity index (χ0v) is 11.6. The molecule has 1 spiro atoms. The number of nitrogens with zero attached hydrogens (tertiary/aromatic N) is 3. The second kappa shape index (κ2) is 6.05. The fourth-order valence-electron chi connectivity index (χ4n) is 3.32. The van der Waals surface area contributed by atoms with E-state index in [9.17, 15) is 9.59 Å². The van der Waals surface area contributed by atoms with Crippen molar-refractivity contribution in [1.29, 1.82) is 10.5 Å². The van der Waals surface area contributed by atoms with Gasteiger partial charge in [-0.2, -0.15) is 10.5 Å². The molecule has 2 rings (SSSR count). The Labute approximate surface area is 119 Å². The minimum Gasteiger partial charge on any atom is -0.281 e. The monoisotopic (exact) mass is 273 g/mol. The Morgan fingerprint density at radius 2 is 1.90 bits per heavy atom. The zero-order valence-electron chi connectivity index (χ0n) is 11.6. The lowest BCUT2D eigenvalue weighted by molar-refractivity contribution is -0.142. The van der Waals surface area contributed by atoms with Crippen molar-refractivity contribution in [2.45, 2.75) is 51.4 Å². The van der Waals surface area contributed by atoms with Crippen molar-refractivity contribution in [3.05, 3.63) is 0 Å². The van der Waals surface area contributed by atoms with Crippen LogP contribution < -0.4 is 0 Å². The van der Waals surface area contributed by atoms with Crippen LogP contribution in [0.4, 0.5) is 0 Å². The largest absolute Gasteiger partial charge is 0.281 e. The van der Waals surface area contributed by atoms with Gasteiger partial charge in [0.2, 0.25) is 11.8 Å². The third-order valence-electron chi connectivity index (χ3n) is 4.49. The van der Waals surface area contributed by atoms with E-state index in [4.69, 9.17) is 10.5 Å². The van der Waals surface area contributed by atoms with Gasteiger partial charge in [0.1, 0.15) is 0 Å². The molecule has 1 heterocycles. The number of amides is 2. The zero-order chi connectivity index (χ0) is 14.6. The molecule has 0 unspecified atom stereocenters. The first-order valence-corrected chi connectivity index (χ1v) is 7.24. The summed E-state index contributed by atoms with van der Waals surface area (Å²) >= 11 is 0. The van der Waals surface area contributed by atoms with Gasteiger partial charge in [-0.1, -0.05) is 19.3 Å². The Bertz CT molecular complexity index is 480. The quantitative estimate of drug-likeness (QED) is 0.734. The number of carbonyl (C=O) groups is 2. The maximum Gasteiger partial charge on any atom is 0.235 e.